The van der Waals surface area contributed by atoms with Gasteiger partial charge in [0.25, 0.3) is 6.47 Å². The van der Waals surface area contributed by atoms with Gasteiger partial charge < -0.3 is 15.3 Å². The van der Waals surface area contributed by atoms with Crippen molar-refractivity contribution in [3.05, 3.63) is 59.2 Å². The number of carbonyl (C=O) groups is 2. The van der Waals surface area contributed by atoms with Gasteiger partial charge in [-0.15, -0.1) is 0 Å². The summed E-state index contributed by atoms with van der Waals surface area (Å²) < 4.78 is 0. The van der Waals surface area contributed by atoms with Crippen LogP contribution < -0.4 is 10.2 Å². The fourth-order valence-corrected chi connectivity index (χ4v) is 4.25. The van der Waals surface area contributed by atoms with Gasteiger partial charge in [-0.05, 0) is 74.1 Å². The van der Waals surface area contributed by atoms with Gasteiger partial charge in [-0.1, -0.05) is 18.2 Å². The highest BCUT2D eigenvalue weighted by atomic mass is 16.3. The number of hydrogen-bond acceptors (Lipinski definition) is 4. The number of carbonyl (C=O) groups excluding carboxylic acids is 1. The third-order valence-corrected chi connectivity index (χ3v) is 5.93. The lowest BCUT2D eigenvalue weighted by Crippen LogP contribution is -2.29. The number of nitrogens with zero attached hydrogens (tertiary/aromatic N) is 2. The number of amides is 1. The normalized spacial score (nSPS) is 13.3. The smallest absolute Gasteiger partial charge is 0.290 e. The van der Waals surface area contributed by atoms with Crippen LogP contribution in [0.2, 0.25) is 0 Å². The minimum atomic E-state index is -0.250. The van der Waals surface area contributed by atoms with E-state index >= 15 is 0 Å². The van der Waals surface area contributed by atoms with Gasteiger partial charge in [-0.2, -0.15) is 0 Å². The van der Waals surface area contributed by atoms with Gasteiger partial charge in [0.05, 0.1) is 17.6 Å². The predicted molar refractivity (Wildman–Crippen MR) is 129 cm³/mol. The first kappa shape index (κ1) is 23.3. The summed E-state index contributed by atoms with van der Waals surface area (Å²) in [7, 11) is 1.67. The zero-order chi connectivity index (χ0) is 23.1. The minimum Gasteiger partial charge on any atom is -0.483 e. The topological polar surface area (TPSA) is 82.5 Å². The third kappa shape index (κ3) is 5.44. The van der Waals surface area contributed by atoms with Gasteiger partial charge in [0.15, 0.2) is 0 Å². The van der Waals surface area contributed by atoms with E-state index in [1.165, 1.54) is 41.6 Å². The molecule has 0 bridgehead atoms. The number of aromatic nitrogens is 1. The molecule has 2 aromatic carbocycles. The summed E-state index contributed by atoms with van der Waals surface area (Å²) >= 11 is 0. The molecular weight excluding hydrogens is 402 g/mol. The molecule has 6 nitrogen and oxygen atoms in total. The second-order valence-corrected chi connectivity index (χ2v) is 8.18. The molecule has 2 N–H and O–H groups in total. The Morgan fingerprint density at radius 2 is 1.78 bits per heavy atom. The summed E-state index contributed by atoms with van der Waals surface area (Å²) in [6.45, 7) is 6.36. The van der Waals surface area contributed by atoms with Gasteiger partial charge >= 0.3 is 0 Å². The Morgan fingerprint density at radius 1 is 1.06 bits per heavy atom. The van der Waals surface area contributed by atoms with Crippen LogP contribution in [0.5, 0.6) is 0 Å². The highest BCUT2D eigenvalue weighted by Gasteiger charge is 2.14. The van der Waals surface area contributed by atoms with Crippen molar-refractivity contribution in [2.45, 2.75) is 39.5 Å². The summed E-state index contributed by atoms with van der Waals surface area (Å²) in [4.78, 5) is 27.6. The Morgan fingerprint density at radius 3 is 2.44 bits per heavy atom. The predicted octanol–water partition coefficient (Wildman–Crippen LogP) is 4.50. The average Bonchev–Trinajstić information content (AvgIpc) is 2.79. The van der Waals surface area contributed by atoms with Gasteiger partial charge in [-0.3, -0.25) is 9.59 Å². The number of carboxylic acid groups (broad SMARTS) is 1. The van der Waals surface area contributed by atoms with E-state index < -0.39 is 0 Å². The van der Waals surface area contributed by atoms with Crippen LogP contribution in [0, 0.1) is 13.8 Å². The lowest BCUT2D eigenvalue weighted by molar-refractivity contribution is -0.123. The molecule has 0 saturated carbocycles. The van der Waals surface area contributed by atoms with Gasteiger partial charge in [-0.25, -0.2) is 4.98 Å². The largest absolute Gasteiger partial charge is 0.483 e. The lowest BCUT2D eigenvalue weighted by atomic mass is 9.99. The van der Waals surface area contributed by atoms with E-state index in [1.807, 2.05) is 12.1 Å². The number of anilines is 1. The molecule has 6 heteroatoms. The number of nitrogens with one attached hydrogen (secondary N) is 1. The van der Waals surface area contributed by atoms with Crippen molar-refractivity contribution in [1.82, 2.24) is 10.3 Å². The highest BCUT2D eigenvalue weighted by molar-refractivity contribution is 5.87. The van der Waals surface area contributed by atoms with Crippen LogP contribution in [-0.2, 0) is 16.0 Å². The number of likely N-dealkylation sites (N-methyl/N-ethyl adjacent to an activating group) is 1. The molecule has 1 amide bonds. The first-order chi connectivity index (χ1) is 15.5. The molecule has 0 unspecified atom stereocenters. The molecule has 0 spiro atoms. The third-order valence-electron chi connectivity index (χ3n) is 5.93. The Labute approximate surface area is 189 Å². The number of piperidine rings is 1. The van der Waals surface area contributed by atoms with Gasteiger partial charge in [0, 0.05) is 36.8 Å². The van der Waals surface area contributed by atoms with Crippen molar-refractivity contribution in [3.8, 4) is 11.3 Å². The monoisotopic (exact) mass is 433 g/mol. The van der Waals surface area contributed by atoms with E-state index in [-0.39, 0.29) is 12.4 Å². The number of fused-ring (bicyclic) bond motifs is 1. The molecule has 3 aromatic rings. The number of aryl methyl sites for hydroxylation is 2. The first-order valence-electron chi connectivity index (χ1n) is 11.0. The van der Waals surface area contributed by atoms with Crippen molar-refractivity contribution in [2.24, 2.45) is 0 Å². The van der Waals surface area contributed by atoms with Crippen molar-refractivity contribution < 1.29 is 14.7 Å². The minimum absolute atomic E-state index is 0.0152. The van der Waals surface area contributed by atoms with Crippen molar-refractivity contribution in [2.75, 3.05) is 25.0 Å². The maximum absolute atomic E-state index is 11.7. The molecule has 1 saturated heterocycles. The van der Waals surface area contributed by atoms with E-state index in [4.69, 9.17) is 14.9 Å². The molecule has 2 heterocycles. The summed E-state index contributed by atoms with van der Waals surface area (Å²) in [6.07, 6.45) is 4.28. The zero-order valence-corrected chi connectivity index (χ0v) is 19.0. The molecule has 4 rings (SSSR count). The van der Waals surface area contributed by atoms with Gasteiger partial charge in [0.2, 0.25) is 5.91 Å². The van der Waals surface area contributed by atoms with Crippen molar-refractivity contribution in [3.63, 3.8) is 0 Å². The van der Waals surface area contributed by atoms with E-state index in [0.29, 0.717) is 6.42 Å². The molecule has 1 fully saturated rings. The first-order valence-corrected chi connectivity index (χ1v) is 11.0. The molecule has 168 valence electrons. The quantitative estimate of drug-likeness (QED) is 0.592. The molecule has 1 aliphatic heterocycles. The van der Waals surface area contributed by atoms with E-state index in [1.54, 1.807) is 7.05 Å². The highest BCUT2D eigenvalue weighted by Crippen LogP contribution is 2.30. The van der Waals surface area contributed by atoms with Crippen molar-refractivity contribution >= 4 is 29.0 Å². The summed E-state index contributed by atoms with van der Waals surface area (Å²) in [6, 6.07) is 15.0. The average molecular weight is 434 g/mol. The Hall–Kier alpha value is -3.41. The molecule has 32 heavy (non-hydrogen) atoms. The standard InChI is InChI=1S/C25H29N3O.CH2O2/c1-17-13-20(28-11-5-4-6-12-28)8-10-22(17)23-14-18(2)21-9-7-19(15-24(21)27-23)16-25(29)26-3;2-1-3/h7-10,13-15H,4-6,11-12,16H2,1-3H3,(H,26,29);1H,(H,2,3). The Balaban J connectivity index is 0.000000913. The molecule has 0 aliphatic carbocycles. The van der Waals surface area contributed by atoms with Gasteiger partial charge in [0.1, 0.15) is 0 Å². The second kappa shape index (κ2) is 10.8. The number of pyridine rings is 1. The number of rotatable bonds is 4. The van der Waals surface area contributed by atoms with Crippen LogP contribution in [-0.4, -0.2) is 42.6 Å². The Bertz CT molecular complexity index is 1100. The van der Waals surface area contributed by atoms with E-state index in [0.717, 1.165) is 35.2 Å². The fourth-order valence-electron chi connectivity index (χ4n) is 4.25. The lowest BCUT2D eigenvalue weighted by Gasteiger charge is -2.29. The number of benzene rings is 2. The molecule has 1 aliphatic rings. The Kier molecular flexibility index (Phi) is 7.82. The maximum atomic E-state index is 11.7. The van der Waals surface area contributed by atoms with Crippen LogP contribution in [0.25, 0.3) is 22.2 Å². The van der Waals surface area contributed by atoms with Crippen LogP contribution in [0.15, 0.2) is 42.5 Å². The molecular formula is C26H31N3O3. The molecule has 0 atom stereocenters. The molecule has 1 aromatic heterocycles. The van der Waals surface area contributed by atoms with Crippen molar-refractivity contribution in [1.29, 1.82) is 0 Å². The van der Waals surface area contributed by atoms with Crippen LogP contribution in [0.4, 0.5) is 5.69 Å². The van der Waals surface area contributed by atoms with E-state index in [2.05, 4.69) is 54.4 Å². The summed E-state index contributed by atoms with van der Waals surface area (Å²) in [5.74, 6) is 0.0152. The second-order valence-electron chi connectivity index (χ2n) is 8.18. The van der Waals surface area contributed by atoms with Crippen LogP contribution in [0.1, 0.15) is 36.0 Å². The van der Waals surface area contributed by atoms with Crippen LogP contribution in [0.3, 0.4) is 0 Å². The number of hydrogen-bond donors (Lipinski definition) is 2. The van der Waals surface area contributed by atoms with Crippen LogP contribution >= 0.6 is 0 Å². The summed E-state index contributed by atoms with van der Waals surface area (Å²) in [5.41, 5.74) is 7.87. The maximum Gasteiger partial charge on any atom is 0.290 e. The molecule has 0 radical (unpaired) electrons. The van der Waals surface area contributed by atoms with E-state index in [9.17, 15) is 4.79 Å². The zero-order valence-electron chi connectivity index (χ0n) is 19.0. The summed E-state index contributed by atoms with van der Waals surface area (Å²) in [5, 5.41) is 10.7. The SMILES string of the molecule is CNC(=O)Cc1ccc2c(C)cc(-c3ccc(N4CCCCC4)cc3C)nc2c1.O=CO. The fraction of sp³-hybridized carbons (Fsp3) is 0.346.